The Labute approximate surface area is 134 Å². The number of nitrogens with one attached hydrogen (secondary N) is 1. The smallest absolute Gasteiger partial charge is 0.280 e. The minimum absolute atomic E-state index is 0.315. The van der Waals surface area contributed by atoms with Crippen molar-refractivity contribution in [1.82, 2.24) is 5.43 Å². The highest BCUT2D eigenvalue weighted by Gasteiger charge is 2.14. The molecule has 0 bridgehead atoms. The lowest BCUT2D eigenvalue weighted by Crippen LogP contribution is -2.33. The Bertz CT molecular complexity index is 654. The molecule has 0 aliphatic heterocycles. The highest BCUT2D eigenvalue weighted by molar-refractivity contribution is 6.30. The molecule has 1 unspecified atom stereocenters. The number of hydrogen-bond acceptors (Lipinski definition) is 3. The lowest BCUT2D eigenvalue weighted by Gasteiger charge is -2.13. The zero-order valence-electron chi connectivity index (χ0n) is 12.4. The Kier molecular flexibility index (Phi) is 5.55. The van der Waals surface area contributed by atoms with Crippen molar-refractivity contribution in [2.24, 2.45) is 5.10 Å². The average molecular weight is 317 g/mol. The van der Waals surface area contributed by atoms with Gasteiger partial charge in [-0.2, -0.15) is 5.10 Å². The second-order valence-electron chi connectivity index (χ2n) is 4.75. The molecule has 1 amide bonds. The third-order valence-corrected chi connectivity index (χ3v) is 3.27. The van der Waals surface area contributed by atoms with Crippen molar-refractivity contribution in [2.75, 3.05) is 0 Å². The molecule has 1 N–H and O–H groups in total. The Morgan fingerprint density at radius 1 is 1.14 bits per heavy atom. The summed E-state index contributed by atoms with van der Waals surface area (Å²) in [4.78, 5) is 12.0. The molecule has 2 rings (SSSR count). The number of amides is 1. The van der Waals surface area contributed by atoms with Gasteiger partial charge in [-0.15, -0.1) is 0 Å². The van der Waals surface area contributed by atoms with Crippen LogP contribution in [0.2, 0.25) is 5.02 Å². The van der Waals surface area contributed by atoms with E-state index in [0.717, 1.165) is 11.3 Å². The number of hydrazone groups is 1. The normalized spacial score (nSPS) is 12.6. The maximum absolute atomic E-state index is 12.0. The molecule has 114 valence electrons. The molecule has 5 heteroatoms. The van der Waals surface area contributed by atoms with Crippen molar-refractivity contribution >= 4 is 23.2 Å². The summed E-state index contributed by atoms with van der Waals surface area (Å²) >= 11 is 5.80. The van der Waals surface area contributed by atoms with Gasteiger partial charge in [0, 0.05) is 5.02 Å². The number of benzene rings is 2. The maximum atomic E-state index is 12.0. The van der Waals surface area contributed by atoms with Crippen LogP contribution in [-0.4, -0.2) is 17.7 Å². The summed E-state index contributed by atoms with van der Waals surface area (Å²) in [5.41, 5.74) is 4.19. The lowest BCUT2D eigenvalue weighted by atomic mass is 10.1. The second kappa shape index (κ2) is 7.61. The number of nitrogens with zero attached hydrogens (tertiary/aromatic N) is 1. The molecular weight excluding hydrogens is 300 g/mol. The Balaban J connectivity index is 1.92. The number of carbonyl (C=O) groups is 1. The number of ether oxygens (including phenoxy) is 1. The van der Waals surface area contributed by atoms with Gasteiger partial charge in [0.2, 0.25) is 0 Å². The van der Waals surface area contributed by atoms with Crippen LogP contribution in [-0.2, 0) is 4.79 Å². The second-order valence-corrected chi connectivity index (χ2v) is 5.19. The molecule has 0 aliphatic rings. The Hall–Kier alpha value is -2.33. The number of rotatable bonds is 5. The first kappa shape index (κ1) is 16.0. The molecule has 0 saturated heterocycles. The zero-order chi connectivity index (χ0) is 15.9. The monoisotopic (exact) mass is 316 g/mol. The van der Waals surface area contributed by atoms with Crippen LogP contribution in [0.15, 0.2) is 59.7 Å². The SMILES string of the molecule is C/C(=N/NC(=O)C(C)Oc1ccc(Cl)cc1)c1ccccc1. The van der Waals surface area contributed by atoms with E-state index in [1.807, 2.05) is 37.3 Å². The van der Waals surface area contributed by atoms with E-state index in [1.165, 1.54) is 0 Å². The molecule has 0 aromatic heterocycles. The molecule has 0 aliphatic carbocycles. The molecular formula is C17H17ClN2O2. The molecule has 2 aromatic rings. The molecule has 0 spiro atoms. The van der Waals surface area contributed by atoms with Crippen LogP contribution >= 0.6 is 11.6 Å². The van der Waals surface area contributed by atoms with Crippen molar-refractivity contribution in [3.8, 4) is 5.75 Å². The van der Waals surface area contributed by atoms with Gasteiger partial charge in [-0.3, -0.25) is 4.79 Å². The highest BCUT2D eigenvalue weighted by atomic mass is 35.5. The first-order chi connectivity index (χ1) is 10.6. The average Bonchev–Trinajstić information content (AvgIpc) is 2.55. The molecule has 0 heterocycles. The zero-order valence-corrected chi connectivity index (χ0v) is 13.2. The molecule has 22 heavy (non-hydrogen) atoms. The summed E-state index contributed by atoms with van der Waals surface area (Å²) in [5, 5.41) is 4.71. The van der Waals surface area contributed by atoms with E-state index < -0.39 is 6.10 Å². The van der Waals surface area contributed by atoms with E-state index in [4.69, 9.17) is 16.3 Å². The fourth-order valence-electron chi connectivity index (χ4n) is 1.74. The van der Waals surface area contributed by atoms with Crippen LogP contribution in [0.4, 0.5) is 0 Å². The van der Waals surface area contributed by atoms with Crippen LogP contribution in [0.1, 0.15) is 19.4 Å². The molecule has 1 atom stereocenters. The van der Waals surface area contributed by atoms with E-state index in [9.17, 15) is 4.79 Å². The number of halogens is 1. The minimum atomic E-state index is -0.659. The van der Waals surface area contributed by atoms with Crippen molar-refractivity contribution in [3.05, 3.63) is 65.2 Å². The third kappa shape index (κ3) is 4.60. The van der Waals surface area contributed by atoms with Gasteiger partial charge in [-0.05, 0) is 43.7 Å². The summed E-state index contributed by atoms with van der Waals surface area (Å²) in [5.74, 6) is 0.265. The summed E-state index contributed by atoms with van der Waals surface area (Å²) in [6, 6.07) is 16.5. The predicted molar refractivity (Wildman–Crippen MR) is 88.3 cm³/mol. The van der Waals surface area contributed by atoms with E-state index in [-0.39, 0.29) is 5.91 Å². The van der Waals surface area contributed by atoms with Crippen LogP contribution in [0.5, 0.6) is 5.75 Å². The van der Waals surface area contributed by atoms with Crippen molar-refractivity contribution in [2.45, 2.75) is 20.0 Å². The van der Waals surface area contributed by atoms with E-state index in [2.05, 4.69) is 10.5 Å². The fraction of sp³-hybridized carbons (Fsp3) is 0.176. The van der Waals surface area contributed by atoms with Gasteiger partial charge in [0.25, 0.3) is 5.91 Å². The van der Waals surface area contributed by atoms with Gasteiger partial charge in [0.15, 0.2) is 6.10 Å². The van der Waals surface area contributed by atoms with Crippen LogP contribution in [0, 0.1) is 0 Å². The van der Waals surface area contributed by atoms with E-state index in [1.54, 1.807) is 31.2 Å². The van der Waals surface area contributed by atoms with Crippen LogP contribution < -0.4 is 10.2 Å². The summed E-state index contributed by atoms with van der Waals surface area (Å²) in [6.45, 7) is 3.50. The number of carbonyl (C=O) groups excluding carboxylic acids is 1. The van der Waals surface area contributed by atoms with Gasteiger partial charge in [0.05, 0.1) is 5.71 Å². The van der Waals surface area contributed by atoms with Crippen molar-refractivity contribution in [3.63, 3.8) is 0 Å². The van der Waals surface area contributed by atoms with Crippen molar-refractivity contribution in [1.29, 1.82) is 0 Å². The van der Waals surface area contributed by atoms with E-state index in [0.29, 0.717) is 10.8 Å². The first-order valence-corrected chi connectivity index (χ1v) is 7.26. The molecule has 0 saturated carbocycles. The third-order valence-electron chi connectivity index (χ3n) is 3.02. The standard InChI is InChI=1S/C17H17ClN2O2/c1-12(14-6-4-3-5-7-14)19-20-17(21)13(2)22-16-10-8-15(18)9-11-16/h3-11,13H,1-2H3,(H,20,21)/b19-12-. The molecule has 4 nitrogen and oxygen atoms in total. The van der Waals surface area contributed by atoms with Gasteiger partial charge in [0.1, 0.15) is 5.75 Å². The molecule has 0 fully saturated rings. The summed E-state index contributed by atoms with van der Waals surface area (Å²) in [6.07, 6.45) is -0.659. The number of hydrogen-bond donors (Lipinski definition) is 1. The van der Waals surface area contributed by atoms with E-state index >= 15 is 0 Å². The first-order valence-electron chi connectivity index (χ1n) is 6.88. The molecule has 0 radical (unpaired) electrons. The molecule has 2 aromatic carbocycles. The fourth-order valence-corrected chi connectivity index (χ4v) is 1.87. The lowest BCUT2D eigenvalue weighted by molar-refractivity contribution is -0.127. The van der Waals surface area contributed by atoms with Gasteiger partial charge in [-0.25, -0.2) is 5.43 Å². The van der Waals surface area contributed by atoms with Crippen LogP contribution in [0.3, 0.4) is 0 Å². The maximum Gasteiger partial charge on any atom is 0.280 e. The van der Waals surface area contributed by atoms with Crippen LogP contribution in [0.25, 0.3) is 0 Å². The Morgan fingerprint density at radius 2 is 1.77 bits per heavy atom. The van der Waals surface area contributed by atoms with Gasteiger partial charge < -0.3 is 4.74 Å². The van der Waals surface area contributed by atoms with Gasteiger partial charge in [-0.1, -0.05) is 41.9 Å². The largest absolute Gasteiger partial charge is 0.481 e. The quantitative estimate of drug-likeness (QED) is 0.676. The minimum Gasteiger partial charge on any atom is -0.481 e. The van der Waals surface area contributed by atoms with Gasteiger partial charge >= 0.3 is 0 Å². The topological polar surface area (TPSA) is 50.7 Å². The summed E-state index contributed by atoms with van der Waals surface area (Å²) < 4.78 is 5.53. The Morgan fingerprint density at radius 3 is 2.41 bits per heavy atom. The van der Waals surface area contributed by atoms with Crippen molar-refractivity contribution < 1.29 is 9.53 Å². The predicted octanol–water partition coefficient (Wildman–Crippen LogP) is 3.65. The summed E-state index contributed by atoms with van der Waals surface area (Å²) in [7, 11) is 0. The highest BCUT2D eigenvalue weighted by Crippen LogP contribution is 2.16.